The van der Waals surface area contributed by atoms with Crippen molar-refractivity contribution >= 4 is 11.6 Å². The van der Waals surface area contributed by atoms with E-state index in [4.69, 9.17) is 4.74 Å². The topological polar surface area (TPSA) is 97.2 Å². The van der Waals surface area contributed by atoms with Crippen molar-refractivity contribution in [2.24, 2.45) is 5.41 Å². The Bertz CT molecular complexity index is 1320. The van der Waals surface area contributed by atoms with Crippen LogP contribution in [0.1, 0.15) is 54.0 Å². The molecule has 2 aliphatic rings. The number of amides is 1. The Morgan fingerprint density at radius 1 is 1.09 bits per heavy atom. The van der Waals surface area contributed by atoms with Crippen molar-refractivity contribution in [3.05, 3.63) is 65.7 Å². The maximum Gasteiger partial charge on any atom is 0.269 e. The van der Waals surface area contributed by atoms with E-state index in [2.05, 4.69) is 30.1 Å². The second-order valence-corrected chi connectivity index (χ2v) is 9.18. The molecule has 1 saturated carbocycles. The van der Waals surface area contributed by atoms with Crippen LogP contribution in [0.25, 0.3) is 16.9 Å². The van der Waals surface area contributed by atoms with Gasteiger partial charge in [-0.3, -0.25) is 14.3 Å². The van der Waals surface area contributed by atoms with Crippen molar-refractivity contribution in [1.82, 2.24) is 30.1 Å². The van der Waals surface area contributed by atoms with Gasteiger partial charge in [0, 0.05) is 30.3 Å². The fourth-order valence-corrected chi connectivity index (χ4v) is 5.28. The number of benzene rings is 1. The van der Waals surface area contributed by atoms with Gasteiger partial charge in [-0.15, -0.1) is 10.2 Å². The SMILES string of the molecule is O=C(NCC1(Cc2nnc3ccccn23)CCCCC1)c1[nH]nc2c1COc1ccccc1-2. The van der Waals surface area contributed by atoms with Crippen molar-refractivity contribution in [3.63, 3.8) is 0 Å². The molecule has 168 valence electrons. The normalized spacial score (nSPS) is 16.6. The minimum absolute atomic E-state index is 0.0318. The number of fused-ring (bicyclic) bond motifs is 4. The summed E-state index contributed by atoms with van der Waals surface area (Å²) in [5.74, 6) is 1.61. The van der Waals surface area contributed by atoms with Crippen LogP contribution in [0.3, 0.4) is 0 Å². The highest BCUT2D eigenvalue weighted by Gasteiger charge is 2.35. The number of hydrogen-bond donors (Lipinski definition) is 2. The van der Waals surface area contributed by atoms with Crippen LogP contribution in [0.2, 0.25) is 0 Å². The zero-order valence-corrected chi connectivity index (χ0v) is 18.4. The highest BCUT2D eigenvalue weighted by molar-refractivity contribution is 5.96. The average Bonchev–Trinajstić information content (AvgIpc) is 3.48. The molecule has 1 aromatic carbocycles. The van der Waals surface area contributed by atoms with Gasteiger partial charge in [-0.05, 0) is 42.5 Å². The summed E-state index contributed by atoms with van der Waals surface area (Å²) in [6.07, 6.45) is 8.48. The number of aromatic nitrogens is 5. The summed E-state index contributed by atoms with van der Waals surface area (Å²) in [4.78, 5) is 13.2. The molecule has 0 spiro atoms. The number of para-hydroxylation sites is 1. The summed E-state index contributed by atoms with van der Waals surface area (Å²) in [6, 6.07) is 13.7. The van der Waals surface area contributed by atoms with Crippen LogP contribution in [0.4, 0.5) is 0 Å². The van der Waals surface area contributed by atoms with Crippen LogP contribution in [-0.4, -0.2) is 37.2 Å². The third-order valence-corrected chi connectivity index (χ3v) is 7.06. The summed E-state index contributed by atoms with van der Waals surface area (Å²) in [5.41, 5.74) is 3.83. The Morgan fingerprint density at radius 3 is 2.85 bits per heavy atom. The quantitative estimate of drug-likeness (QED) is 0.488. The number of H-pyrrole nitrogens is 1. The van der Waals surface area contributed by atoms with Crippen molar-refractivity contribution < 1.29 is 9.53 Å². The molecule has 0 saturated heterocycles. The van der Waals surface area contributed by atoms with E-state index in [1.165, 1.54) is 6.42 Å². The maximum absolute atomic E-state index is 13.2. The minimum Gasteiger partial charge on any atom is -0.488 e. The third kappa shape index (κ3) is 3.55. The molecule has 1 aliphatic heterocycles. The first kappa shape index (κ1) is 20.0. The Morgan fingerprint density at radius 2 is 1.94 bits per heavy atom. The molecule has 4 aromatic rings. The third-order valence-electron chi connectivity index (χ3n) is 7.06. The molecule has 0 unspecified atom stereocenters. The Labute approximate surface area is 191 Å². The lowest BCUT2D eigenvalue weighted by Crippen LogP contribution is -2.41. The van der Waals surface area contributed by atoms with E-state index >= 15 is 0 Å². The number of carbonyl (C=O) groups is 1. The van der Waals surface area contributed by atoms with Gasteiger partial charge in [-0.25, -0.2) is 0 Å². The molecule has 3 aromatic heterocycles. The summed E-state index contributed by atoms with van der Waals surface area (Å²) in [7, 11) is 0. The standard InChI is InChI=1S/C25H26N6O2/c32-24(23-18-15-33-19-9-3-2-8-17(19)22(18)29-30-23)26-16-25(11-5-1-6-12-25)14-21-28-27-20-10-4-7-13-31(20)21/h2-4,7-10,13H,1,5-6,11-12,14-16H2,(H,26,32)(H,29,30). The van der Waals surface area contributed by atoms with Gasteiger partial charge < -0.3 is 10.1 Å². The molecular formula is C25H26N6O2. The molecular weight excluding hydrogens is 416 g/mol. The predicted molar refractivity (Wildman–Crippen MR) is 123 cm³/mol. The highest BCUT2D eigenvalue weighted by Crippen LogP contribution is 2.39. The molecule has 2 N–H and O–H groups in total. The maximum atomic E-state index is 13.2. The fraction of sp³-hybridized carbons (Fsp3) is 0.360. The van der Waals surface area contributed by atoms with Crippen LogP contribution in [-0.2, 0) is 13.0 Å². The molecule has 0 atom stereocenters. The Balaban J connectivity index is 1.23. The Kier molecular flexibility index (Phi) is 4.86. The van der Waals surface area contributed by atoms with Crippen LogP contribution >= 0.6 is 0 Å². The van der Waals surface area contributed by atoms with E-state index in [1.54, 1.807) is 0 Å². The van der Waals surface area contributed by atoms with E-state index in [0.29, 0.717) is 18.8 Å². The van der Waals surface area contributed by atoms with Gasteiger partial charge in [0.05, 0.1) is 0 Å². The second-order valence-electron chi connectivity index (χ2n) is 9.18. The van der Waals surface area contributed by atoms with E-state index in [-0.39, 0.29) is 11.3 Å². The summed E-state index contributed by atoms with van der Waals surface area (Å²) in [6.45, 7) is 0.932. The van der Waals surface area contributed by atoms with Crippen molar-refractivity contribution in [1.29, 1.82) is 0 Å². The fourth-order valence-electron chi connectivity index (χ4n) is 5.28. The highest BCUT2D eigenvalue weighted by atomic mass is 16.5. The molecule has 4 heterocycles. The van der Waals surface area contributed by atoms with Gasteiger partial charge >= 0.3 is 0 Å². The van der Waals surface area contributed by atoms with Crippen molar-refractivity contribution in [2.75, 3.05) is 6.54 Å². The number of pyridine rings is 1. The second kappa shape index (κ2) is 8.03. The summed E-state index contributed by atoms with van der Waals surface area (Å²) in [5, 5.41) is 19.4. The number of carbonyl (C=O) groups excluding carboxylic acids is 1. The molecule has 8 heteroatoms. The van der Waals surface area contributed by atoms with E-state index in [0.717, 1.165) is 66.1 Å². The number of nitrogens with one attached hydrogen (secondary N) is 2. The minimum atomic E-state index is -0.136. The van der Waals surface area contributed by atoms with Gasteiger partial charge in [0.2, 0.25) is 0 Å². The van der Waals surface area contributed by atoms with Gasteiger partial charge in [-0.1, -0.05) is 37.5 Å². The van der Waals surface area contributed by atoms with E-state index in [9.17, 15) is 4.79 Å². The molecule has 1 aliphatic carbocycles. The number of nitrogens with zero attached hydrogens (tertiary/aromatic N) is 4. The first-order valence-corrected chi connectivity index (χ1v) is 11.6. The van der Waals surface area contributed by atoms with E-state index in [1.807, 2.05) is 48.7 Å². The first-order valence-electron chi connectivity index (χ1n) is 11.6. The smallest absolute Gasteiger partial charge is 0.269 e. The predicted octanol–water partition coefficient (Wildman–Crippen LogP) is 3.93. The largest absolute Gasteiger partial charge is 0.488 e. The number of rotatable bonds is 5. The van der Waals surface area contributed by atoms with Gasteiger partial charge in [0.1, 0.15) is 29.6 Å². The molecule has 0 radical (unpaired) electrons. The molecule has 6 rings (SSSR count). The van der Waals surface area contributed by atoms with E-state index < -0.39 is 0 Å². The summed E-state index contributed by atoms with van der Waals surface area (Å²) >= 11 is 0. The van der Waals surface area contributed by atoms with Crippen molar-refractivity contribution in [3.8, 4) is 17.0 Å². The van der Waals surface area contributed by atoms with Crippen LogP contribution in [0.15, 0.2) is 48.7 Å². The molecule has 1 amide bonds. The van der Waals surface area contributed by atoms with Gasteiger partial charge in [0.25, 0.3) is 5.91 Å². The monoisotopic (exact) mass is 442 g/mol. The van der Waals surface area contributed by atoms with Gasteiger partial charge in [-0.2, -0.15) is 5.10 Å². The average molecular weight is 443 g/mol. The molecule has 33 heavy (non-hydrogen) atoms. The summed E-state index contributed by atoms with van der Waals surface area (Å²) < 4.78 is 7.92. The lowest BCUT2D eigenvalue weighted by atomic mass is 9.71. The van der Waals surface area contributed by atoms with Crippen LogP contribution in [0, 0.1) is 5.41 Å². The molecule has 0 bridgehead atoms. The molecule has 1 fully saturated rings. The lowest BCUT2D eigenvalue weighted by Gasteiger charge is -2.37. The lowest BCUT2D eigenvalue weighted by molar-refractivity contribution is 0.0899. The molecule has 8 nitrogen and oxygen atoms in total. The number of hydrogen-bond acceptors (Lipinski definition) is 5. The van der Waals surface area contributed by atoms with Crippen LogP contribution in [0.5, 0.6) is 5.75 Å². The zero-order valence-electron chi connectivity index (χ0n) is 18.4. The van der Waals surface area contributed by atoms with Gasteiger partial charge in [0.15, 0.2) is 5.65 Å². The first-order chi connectivity index (χ1) is 16.2. The number of ether oxygens (including phenoxy) is 1. The zero-order chi connectivity index (χ0) is 22.3. The number of aromatic amines is 1. The van der Waals surface area contributed by atoms with Crippen LogP contribution < -0.4 is 10.1 Å². The Hall–Kier alpha value is -3.68. The van der Waals surface area contributed by atoms with Crippen molar-refractivity contribution in [2.45, 2.75) is 45.1 Å².